The minimum Gasteiger partial charge on any atom is -0.377 e. The Kier molecular flexibility index (Phi) is 5.29. The van der Waals surface area contributed by atoms with Crippen molar-refractivity contribution < 1.29 is 13.9 Å². The fraction of sp³-hybridized carbons (Fsp3) is 0.476. The van der Waals surface area contributed by atoms with Crippen LogP contribution in [-0.2, 0) is 22.6 Å². The molecule has 4 nitrogen and oxygen atoms in total. The smallest absolute Gasteiger partial charge is 0.127 e. The zero-order valence-corrected chi connectivity index (χ0v) is 14.9. The highest BCUT2D eigenvalue weighted by atomic mass is 19.1. The predicted molar refractivity (Wildman–Crippen MR) is 97.0 cm³/mol. The van der Waals surface area contributed by atoms with Crippen molar-refractivity contribution in [2.45, 2.75) is 31.6 Å². The molecule has 0 aliphatic carbocycles. The SMILES string of the molecule is Fc1ccccc1CN1CC2(C1)OCCC2CCOCc1ccncc1. The molecule has 0 amide bonds. The van der Waals surface area contributed by atoms with Gasteiger partial charge in [0.05, 0.1) is 12.2 Å². The van der Waals surface area contributed by atoms with Gasteiger partial charge in [-0.15, -0.1) is 0 Å². The fourth-order valence-electron chi connectivity index (χ4n) is 4.13. The van der Waals surface area contributed by atoms with Gasteiger partial charge in [0, 0.05) is 50.8 Å². The van der Waals surface area contributed by atoms with E-state index in [1.807, 2.05) is 24.3 Å². The molecule has 1 atom stereocenters. The van der Waals surface area contributed by atoms with Crippen LogP contribution in [-0.4, -0.2) is 41.8 Å². The zero-order chi connectivity index (χ0) is 17.8. The first-order valence-corrected chi connectivity index (χ1v) is 9.31. The number of rotatable bonds is 7. The van der Waals surface area contributed by atoms with E-state index in [0.29, 0.717) is 19.1 Å². The van der Waals surface area contributed by atoms with Gasteiger partial charge in [-0.1, -0.05) is 18.2 Å². The minimum atomic E-state index is -0.123. The third kappa shape index (κ3) is 3.80. The largest absolute Gasteiger partial charge is 0.377 e. The van der Waals surface area contributed by atoms with E-state index in [1.165, 1.54) is 6.07 Å². The van der Waals surface area contributed by atoms with Crippen LogP contribution in [0.25, 0.3) is 0 Å². The summed E-state index contributed by atoms with van der Waals surface area (Å²) in [5.74, 6) is 0.402. The maximum atomic E-state index is 13.8. The van der Waals surface area contributed by atoms with Gasteiger partial charge in [-0.3, -0.25) is 9.88 Å². The number of halogens is 1. The number of benzene rings is 1. The lowest BCUT2D eigenvalue weighted by Gasteiger charge is -2.50. The molecular formula is C21H25FN2O2. The second kappa shape index (κ2) is 7.82. The molecule has 2 aromatic rings. The number of nitrogens with zero attached hydrogens (tertiary/aromatic N) is 2. The van der Waals surface area contributed by atoms with E-state index < -0.39 is 0 Å². The first-order chi connectivity index (χ1) is 12.8. The van der Waals surface area contributed by atoms with Crippen LogP contribution < -0.4 is 0 Å². The van der Waals surface area contributed by atoms with Crippen LogP contribution in [0.15, 0.2) is 48.8 Å². The first kappa shape index (κ1) is 17.6. The summed E-state index contributed by atoms with van der Waals surface area (Å²) >= 11 is 0. The minimum absolute atomic E-state index is 0.0503. The molecule has 1 aromatic heterocycles. The molecule has 2 aliphatic rings. The summed E-state index contributed by atoms with van der Waals surface area (Å²) in [5, 5.41) is 0. The molecule has 3 heterocycles. The lowest BCUT2D eigenvalue weighted by molar-refractivity contribution is -0.139. The average Bonchev–Trinajstić information content (AvgIpc) is 3.05. The lowest BCUT2D eigenvalue weighted by Crippen LogP contribution is -2.64. The van der Waals surface area contributed by atoms with Crippen LogP contribution in [0.1, 0.15) is 24.0 Å². The Morgan fingerprint density at radius 2 is 2.00 bits per heavy atom. The van der Waals surface area contributed by atoms with Crippen molar-refractivity contribution in [2.24, 2.45) is 5.92 Å². The molecule has 2 saturated heterocycles. The third-order valence-corrected chi connectivity index (χ3v) is 5.56. The molecule has 5 heteroatoms. The van der Waals surface area contributed by atoms with Gasteiger partial charge in [0.2, 0.25) is 0 Å². The standard InChI is InChI=1S/C21H25FN2O2/c22-20-4-2-1-3-18(20)13-24-15-21(16-24)19(8-12-26-21)7-11-25-14-17-5-9-23-10-6-17/h1-6,9-10,19H,7-8,11-16H2. The zero-order valence-electron chi connectivity index (χ0n) is 14.9. The summed E-state index contributed by atoms with van der Waals surface area (Å²) in [6.45, 7) is 4.62. The topological polar surface area (TPSA) is 34.6 Å². The van der Waals surface area contributed by atoms with E-state index in [2.05, 4.69) is 9.88 Å². The van der Waals surface area contributed by atoms with Gasteiger partial charge >= 0.3 is 0 Å². The van der Waals surface area contributed by atoms with Gasteiger partial charge < -0.3 is 9.47 Å². The highest BCUT2D eigenvalue weighted by Gasteiger charge is 2.52. The van der Waals surface area contributed by atoms with Crippen LogP contribution in [0, 0.1) is 11.7 Å². The fourth-order valence-corrected chi connectivity index (χ4v) is 4.13. The summed E-state index contributed by atoms with van der Waals surface area (Å²) in [6.07, 6.45) is 5.68. The normalized spacial score (nSPS) is 21.8. The first-order valence-electron chi connectivity index (χ1n) is 9.31. The molecule has 0 N–H and O–H groups in total. The Bertz CT molecular complexity index is 719. The van der Waals surface area contributed by atoms with Crippen LogP contribution in [0.4, 0.5) is 4.39 Å². The summed E-state index contributed by atoms with van der Waals surface area (Å²) in [6, 6.07) is 11.0. The second-order valence-corrected chi connectivity index (χ2v) is 7.33. The van der Waals surface area contributed by atoms with Crippen molar-refractivity contribution in [3.63, 3.8) is 0 Å². The van der Waals surface area contributed by atoms with E-state index in [9.17, 15) is 4.39 Å². The molecule has 0 radical (unpaired) electrons. The third-order valence-electron chi connectivity index (χ3n) is 5.56. The maximum absolute atomic E-state index is 13.8. The molecule has 1 aromatic carbocycles. The van der Waals surface area contributed by atoms with Gasteiger partial charge in [-0.25, -0.2) is 4.39 Å². The molecule has 1 spiro atoms. The Hall–Kier alpha value is -1.82. The number of aromatic nitrogens is 1. The molecule has 2 aliphatic heterocycles. The molecule has 0 saturated carbocycles. The van der Waals surface area contributed by atoms with Crippen molar-refractivity contribution in [3.8, 4) is 0 Å². The maximum Gasteiger partial charge on any atom is 0.127 e. The predicted octanol–water partition coefficient (Wildman–Crippen LogP) is 3.42. The van der Waals surface area contributed by atoms with Crippen molar-refractivity contribution in [3.05, 3.63) is 65.7 Å². The summed E-state index contributed by atoms with van der Waals surface area (Å²) in [7, 11) is 0. The van der Waals surface area contributed by atoms with Crippen molar-refractivity contribution in [1.82, 2.24) is 9.88 Å². The van der Waals surface area contributed by atoms with Crippen LogP contribution in [0.2, 0.25) is 0 Å². The van der Waals surface area contributed by atoms with Gasteiger partial charge in [-0.2, -0.15) is 0 Å². The monoisotopic (exact) mass is 356 g/mol. The van der Waals surface area contributed by atoms with Crippen LogP contribution in [0.3, 0.4) is 0 Å². The Morgan fingerprint density at radius 1 is 1.19 bits per heavy atom. The van der Waals surface area contributed by atoms with E-state index in [4.69, 9.17) is 9.47 Å². The van der Waals surface area contributed by atoms with Gasteiger partial charge in [0.25, 0.3) is 0 Å². The van der Waals surface area contributed by atoms with Crippen LogP contribution in [0.5, 0.6) is 0 Å². The molecule has 26 heavy (non-hydrogen) atoms. The number of ether oxygens (including phenoxy) is 2. The molecule has 1 unspecified atom stereocenters. The van der Waals surface area contributed by atoms with Gasteiger partial charge in [-0.05, 0) is 42.5 Å². The van der Waals surface area contributed by atoms with Crippen LogP contribution >= 0.6 is 0 Å². The van der Waals surface area contributed by atoms with E-state index in [1.54, 1.807) is 18.5 Å². The Balaban J connectivity index is 1.23. The molecule has 4 rings (SSSR count). The summed E-state index contributed by atoms with van der Waals surface area (Å²) in [4.78, 5) is 6.29. The van der Waals surface area contributed by atoms with Gasteiger partial charge in [0.15, 0.2) is 0 Å². The summed E-state index contributed by atoms with van der Waals surface area (Å²) < 4.78 is 25.8. The van der Waals surface area contributed by atoms with E-state index >= 15 is 0 Å². The van der Waals surface area contributed by atoms with Gasteiger partial charge in [0.1, 0.15) is 5.82 Å². The van der Waals surface area contributed by atoms with E-state index in [0.717, 1.165) is 50.3 Å². The number of hydrogen-bond donors (Lipinski definition) is 0. The highest BCUT2D eigenvalue weighted by molar-refractivity contribution is 5.18. The Morgan fingerprint density at radius 3 is 2.81 bits per heavy atom. The van der Waals surface area contributed by atoms with Crippen molar-refractivity contribution >= 4 is 0 Å². The molecular weight excluding hydrogens is 331 g/mol. The average molecular weight is 356 g/mol. The van der Waals surface area contributed by atoms with Crippen molar-refractivity contribution in [2.75, 3.05) is 26.3 Å². The number of pyridine rings is 1. The number of likely N-dealkylation sites (tertiary alicyclic amines) is 1. The van der Waals surface area contributed by atoms with Crippen molar-refractivity contribution in [1.29, 1.82) is 0 Å². The van der Waals surface area contributed by atoms with E-state index in [-0.39, 0.29) is 11.4 Å². The number of hydrogen-bond acceptors (Lipinski definition) is 4. The molecule has 138 valence electrons. The lowest BCUT2D eigenvalue weighted by atomic mass is 9.79. The summed E-state index contributed by atoms with van der Waals surface area (Å²) in [5.41, 5.74) is 1.86. The Labute approximate surface area is 153 Å². The highest BCUT2D eigenvalue weighted by Crippen LogP contribution is 2.42. The molecule has 0 bridgehead atoms. The molecule has 2 fully saturated rings. The quantitative estimate of drug-likeness (QED) is 0.712. The second-order valence-electron chi connectivity index (χ2n) is 7.33.